The Labute approximate surface area is 87.7 Å². The molecule has 0 saturated heterocycles. The summed E-state index contributed by atoms with van der Waals surface area (Å²) in [5.41, 5.74) is 0. The summed E-state index contributed by atoms with van der Waals surface area (Å²) in [7, 11) is 0. The summed E-state index contributed by atoms with van der Waals surface area (Å²) in [5.74, 6) is -0.701. The Morgan fingerprint density at radius 1 is 1.27 bits per heavy atom. The number of carbonyl (C=O) groups is 1. The first kappa shape index (κ1) is 14.1. The molecule has 0 amide bonds. The van der Waals surface area contributed by atoms with Gasteiger partial charge < -0.3 is 24.8 Å². The van der Waals surface area contributed by atoms with E-state index in [0.717, 1.165) is 6.08 Å². The molecule has 0 saturated carbocycles. The summed E-state index contributed by atoms with van der Waals surface area (Å²) >= 11 is 0. The van der Waals surface area contributed by atoms with Crippen LogP contribution in [-0.4, -0.2) is 47.1 Å². The van der Waals surface area contributed by atoms with Crippen LogP contribution in [0.2, 0.25) is 0 Å². The van der Waals surface area contributed by atoms with Gasteiger partial charge in [0.05, 0.1) is 13.2 Å². The third-order valence-electron chi connectivity index (χ3n) is 1.45. The normalized spacial score (nSPS) is 12.5. The van der Waals surface area contributed by atoms with E-state index in [9.17, 15) is 4.79 Å². The Kier molecular flexibility index (Phi) is 7.84. The minimum absolute atomic E-state index is 0.0997. The highest BCUT2D eigenvalue weighted by Gasteiger charge is 2.07. The molecule has 0 aromatic rings. The third kappa shape index (κ3) is 9.36. The van der Waals surface area contributed by atoms with E-state index in [-0.39, 0.29) is 26.1 Å². The average molecular weight is 220 g/mol. The predicted octanol–water partition coefficient (Wildman–Crippen LogP) is -0.859. The van der Waals surface area contributed by atoms with Crippen LogP contribution in [-0.2, 0) is 14.3 Å². The average Bonchev–Trinajstić information content (AvgIpc) is 2.16. The molecule has 3 N–H and O–H groups in total. The third-order valence-corrected chi connectivity index (χ3v) is 1.45. The van der Waals surface area contributed by atoms with Crippen molar-refractivity contribution >= 4 is 5.97 Å². The second-order valence-corrected chi connectivity index (χ2v) is 2.77. The zero-order chi connectivity index (χ0) is 11.7. The first-order valence-corrected chi connectivity index (χ1v) is 4.51. The van der Waals surface area contributed by atoms with Gasteiger partial charge in [0.25, 0.3) is 0 Å². The monoisotopic (exact) mass is 220 g/mol. The Morgan fingerprint density at radius 2 is 1.87 bits per heavy atom. The van der Waals surface area contributed by atoms with Crippen LogP contribution >= 0.6 is 0 Å². The molecule has 0 spiro atoms. The van der Waals surface area contributed by atoms with Crippen LogP contribution in [0.25, 0.3) is 0 Å². The smallest absolute Gasteiger partial charge is 0.332 e. The van der Waals surface area contributed by atoms with Crippen LogP contribution in [0.1, 0.15) is 12.8 Å². The van der Waals surface area contributed by atoms with Crippen molar-refractivity contribution in [3.8, 4) is 0 Å². The van der Waals surface area contributed by atoms with Crippen LogP contribution in [0, 0.1) is 0 Å². The number of hydrogen-bond donors (Lipinski definition) is 3. The molecule has 1 unspecified atom stereocenters. The molecule has 88 valence electrons. The van der Waals surface area contributed by atoms with Crippen molar-refractivity contribution < 1.29 is 29.6 Å². The summed E-state index contributed by atoms with van der Waals surface area (Å²) in [5, 5.41) is 26.0. The molecular weight excluding hydrogens is 204 g/mol. The lowest BCUT2D eigenvalue weighted by atomic mass is 10.4. The summed E-state index contributed by atoms with van der Waals surface area (Å²) in [6.07, 6.45) is -1.45. The minimum atomic E-state index is -1.39. The lowest BCUT2D eigenvalue weighted by Gasteiger charge is -2.10. The fraction of sp³-hybridized carbons (Fsp3) is 0.667. The van der Waals surface area contributed by atoms with Gasteiger partial charge in [-0.1, -0.05) is 6.58 Å². The highest BCUT2D eigenvalue weighted by molar-refractivity contribution is 5.81. The Hall–Kier alpha value is -0.950. The number of hydrogen-bond acceptors (Lipinski definition) is 6. The number of carbonyl (C=O) groups excluding carboxylic acids is 1. The van der Waals surface area contributed by atoms with Gasteiger partial charge in [-0.15, -0.1) is 0 Å². The highest BCUT2D eigenvalue weighted by atomic mass is 16.6. The molecular formula is C9H16O6. The number of rotatable bonds is 8. The number of esters is 1. The van der Waals surface area contributed by atoms with Gasteiger partial charge in [0.2, 0.25) is 6.29 Å². The molecule has 0 aromatic carbocycles. The lowest BCUT2D eigenvalue weighted by Crippen LogP contribution is -2.18. The lowest BCUT2D eigenvalue weighted by molar-refractivity contribution is -0.164. The van der Waals surface area contributed by atoms with E-state index < -0.39 is 18.5 Å². The molecule has 0 bridgehead atoms. The van der Waals surface area contributed by atoms with Crippen LogP contribution in [0.3, 0.4) is 0 Å². The standard InChI is InChI=1S/C9H16O6/c1-2-8(12)15-9(13)4-6-14-5-3-7(10)11/h2,7,9-11,13H,1,3-6H2. The molecule has 0 aliphatic carbocycles. The van der Waals surface area contributed by atoms with Crippen molar-refractivity contribution in [2.45, 2.75) is 25.4 Å². The van der Waals surface area contributed by atoms with Gasteiger partial charge in [-0.2, -0.15) is 0 Å². The predicted molar refractivity (Wildman–Crippen MR) is 50.6 cm³/mol. The summed E-state index contributed by atoms with van der Waals surface area (Å²) in [6.45, 7) is 3.50. The highest BCUT2D eigenvalue weighted by Crippen LogP contribution is 1.97. The van der Waals surface area contributed by atoms with E-state index in [1.165, 1.54) is 0 Å². The summed E-state index contributed by atoms with van der Waals surface area (Å²) in [6, 6.07) is 0. The van der Waals surface area contributed by atoms with E-state index >= 15 is 0 Å². The van der Waals surface area contributed by atoms with Crippen molar-refractivity contribution in [2.75, 3.05) is 13.2 Å². The van der Waals surface area contributed by atoms with Gasteiger partial charge in [-0.25, -0.2) is 4.79 Å². The molecule has 6 heteroatoms. The largest absolute Gasteiger partial charge is 0.433 e. The number of ether oxygens (including phenoxy) is 2. The van der Waals surface area contributed by atoms with Crippen molar-refractivity contribution in [1.82, 2.24) is 0 Å². The Bertz CT molecular complexity index is 191. The fourth-order valence-corrected chi connectivity index (χ4v) is 0.716. The SMILES string of the molecule is C=CC(=O)OC(O)CCOCCC(O)O. The van der Waals surface area contributed by atoms with Crippen LogP contribution in [0.5, 0.6) is 0 Å². The second-order valence-electron chi connectivity index (χ2n) is 2.77. The zero-order valence-corrected chi connectivity index (χ0v) is 8.33. The van der Waals surface area contributed by atoms with Crippen LogP contribution in [0.15, 0.2) is 12.7 Å². The molecule has 0 radical (unpaired) electrons. The number of aliphatic hydroxyl groups excluding tert-OH is 2. The molecule has 0 aliphatic heterocycles. The van der Waals surface area contributed by atoms with Crippen LogP contribution in [0.4, 0.5) is 0 Å². The van der Waals surface area contributed by atoms with Crippen molar-refractivity contribution in [1.29, 1.82) is 0 Å². The van der Waals surface area contributed by atoms with Gasteiger partial charge in [-0.3, -0.25) is 0 Å². The quantitative estimate of drug-likeness (QED) is 0.213. The minimum Gasteiger partial charge on any atom is -0.433 e. The fourth-order valence-electron chi connectivity index (χ4n) is 0.716. The number of aliphatic hydroxyl groups is 3. The van der Waals surface area contributed by atoms with E-state index in [1.807, 2.05) is 0 Å². The molecule has 0 aromatic heterocycles. The maximum absolute atomic E-state index is 10.6. The molecule has 0 aliphatic rings. The van der Waals surface area contributed by atoms with Gasteiger partial charge >= 0.3 is 5.97 Å². The molecule has 15 heavy (non-hydrogen) atoms. The van der Waals surface area contributed by atoms with Gasteiger partial charge in [0, 0.05) is 18.9 Å². The second kappa shape index (κ2) is 8.37. The van der Waals surface area contributed by atoms with Crippen LogP contribution < -0.4 is 0 Å². The molecule has 6 nitrogen and oxygen atoms in total. The van der Waals surface area contributed by atoms with E-state index in [0.29, 0.717) is 0 Å². The molecule has 0 rings (SSSR count). The maximum Gasteiger partial charge on any atom is 0.332 e. The van der Waals surface area contributed by atoms with Gasteiger partial charge in [0.15, 0.2) is 6.29 Å². The zero-order valence-electron chi connectivity index (χ0n) is 8.33. The Morgan fingerprint density at radius 3 is 2.40 bits per heavy atom. The first-order chi connectivity index (χ1) is 7.06. The first-order valence-electron chi connectivity index (χ1n) is 4.51. The van der Waals surface area contributed by atoms with E-state index in [2.05, 4.69) is 11.3 Å². The Balaban J connectivity index is 3.35. The summed E-state index contributed by atoms with van der Waals surface area (Å²) in [4.78, 5) is 10.6. The van der Waals surface area contributed by atoms with E-state index in [4.69, 9.17) is 20.1 Å². The summed E-state index contributed by atoms with van der Waals surface area (Å²) < 4.78 is 9.38. The van der Waals surface area contributed by atoms with Crippen molar-refractivity contribution in [3.05, 3.63) is 12.7 Å². The maximum atomic E-state index is 10.6. The topological polar surface area (TPSA) is 96.2 Å². The van der Waals surface area contributed by atoms with Gasteiger partial charge in [-0.05, 0) is 0 Å². The molecule has 0 heterocycles. The van der Waals surface area contributed by atoms with Gasteiger partial charge in [0.1, 0.15) is 0 Å². The van der Waals surface area contributed by atoms with Crippen molar-refractivity contribution in [2.24, 2.45) is 0 Å². The molecule has 1 atom stereocenters. The van der Waals surface area contributed by atoms with E-state index in [1.54, 1.807) is 0 Å². The van der Waals surface area contributed by atoms with Crippen molar-refractivity contribution in [3.63, 3.8) is 0 Å². The molecule has 0 fully saturated rings.